The van der Waals surface area contributed by atoms with Gasteiger partial charge in [-0.1, -0.05) is 29.3 Å². The SMILES string of the molecule is CN(Cc1ccc(Cl)cc1Cl)C(=O)C1CCCN1. The summed E-state index contributed by atoms with van der Waals surface area (Å²) >= 11 is 11.9. The molecule has 1 aromatic carbocycles. The van der Waals surface area contributed by atoms with Crippen LogP contribution in [0.4, 0.5) is 0 Å². The summed E-state index contributed by atoms with van der Waals surface area (Å²) in [4.78, 5) is 13.8. The number of carbonyl (C=O) groups is 1. The van der Waals surface area contributed by atoms with Crippen LogP contribution in [0, 0.1) is 0 Å². The summed E-state index contributed by atoms with van der Waals surface area (Å²) in [5.41, 5.74) is 0.912. The van der Waals surface area contributed by atoms with E-state index in [0.29, 0.717) is 16.6 Å². The molecule has 2 rings (SSSR count). The van der Waals surface area contributed by atoms with Crippen molar-refractivity contribution in [1.29, 1.82) is 0 Å². The molecule has 5 heteroatoms. The van der Waals surface area contributed by atoms with Crippen LogP contribution in [0.3, 0.4) is 0 Å². The highest BCUT2D eigenvalue weighted by molar-refractivity contribution is 6.35. The number of carbonyl (C=O) groups excluding carboxylic acids is 1. The van der Waals surface area contributed by atoms with Crippen LogP contribution in [-0.4, -0.2) is 30.4 Å². The average molecular weight is 287 g/mol. The van der Waals surface area contributed by atoms with Gasteiger partial charge in [0.2, 0.25) is 5.91 Å². The highest BCUT2D eigenvalue weighted by Crippen LogP contribution is 2.22. The number of nitrogens with one attached hydrogen (secondary N) is 1. The summed E-state index contributed by atoms with van der Waals surface area (Å²) in [5.74, 6) is 0.124. The molecule has 1 atom stereocenters. The zero-order valence-electron chi connectivity index (χ0n) is 10.2. The molecular formula is C13H16Cl2N2O. The lowest BCUT2D eigenvalue weighted by atomic mass is 10.1. The maximum Gasteiger partial charge on any atom is 0.239 e. The number of nitrogens with zero attached hydrogens (tertiary/aromatic N) is 1. The van der Waals surface area contributed by atoms with Crippen molar-refractivity contribution in [3.05, 3.63) is 33.8 Å². The Morgan fingerprint density at radius 3 is 2.89 bits per heavy atom. The summed E-state index contributed by atoms with van der Waals surface area (Å²) in [6, 6.07) is 5.30. The molecular weight excluding hydrogens is 271 g/mol. The van der Waals surface area contributed by atoms with Crippen LogP contribution >= 0.6 is 23.2 Å². The molecule has 1 aliphatic heterocycles. The largest absolute Gasteiger partial charge is 0.340 e. The molecule has 0 aromatic heterocycles. The maximum atomic E-state index is 12.1. The van der Waals surface area contributed by atoms with Crippen LogP contribution in [0.25, 0.3) is 0 Å². The molecule has 0 bridgehead atoms. The number of amides is 1. The molecule has 1 aromatic rings. The summed E-state index contributed by atoms with van der Waals surface area (Å²) < 4.78 is 0. The van der Waals surface area contributed by atoms with E-state index in [-0.39, 0.29) is 11.9 Å². The van der Waals surface area contributed by atoms with Crippen molar-refractivity contribution >= 4 is 29.1 Å². The fraction of sp³-hybridized carbons (Fsp3) is 0.462. The molecule has 0 aliphatic carbocycles. The molecule has 0 saturated carbocycles. The van der Waals surface area contributed by atoms with E-state index in [1.54, 1.807) is 24.1 Å². The van der Waals surface area contributed by atoms with Crippen molar-refractivity contribution in [2.24, 2.45) is 0 Å². The second kappa shape index (κ2) is 5.91. The highest BCUT2D eigenvalue weighted by Gasteiger charge is 2.25. The minimum Gasteiger partial charge on any atom is -0.340 e. The minimum atomic E-state index is -0.0407. The van der Waals surface area contributed by atoms with E-state index in [1.807, 2.05) is 6.07 Å². The fourth-order valence-corrected chi connectivity index (χ4v) is 2.61. The molecule has 98 valence electrons. The molecule has 1 aliphatic rings. The molecule has 1 amide bonds. The number of halogens is 2. The average Bonchev–Trinajstić information content (AvgIpc) is 2.85. The van der Waals surface area contributed by atoms with E-state index in [4.69, 9.17) is 23.2 Å². The second-order valence-corrected chi connectivity index (χ2v) is 5.42. The zero-order valence-corrected chi connectivity index (χ0v) is 11.8. The molecule has 1 N–H and O–H groups in total. The lowest BCUT2D eigenvalue weighted by molar-refractivity contribution is -0.132. The highest BCUT2D eigenvalue weighted by atomic mass is 35.5. The lowest BCUT2D eigenvalue weighted by Crippen LogP contribution is -2.41. The Bertz CT molecular complexity index is 445. The molecule has 1 saturated heterocycles. The number of hydrogen-bond acceptors (Lipinski definition) is 2. The van der Waals surface area contributed by atoms with E-state index in [1.165, 1.54) is 0 Å². The second-order valence-electron chi connectivity index (χ2n) is 4.58. The first-order chi connectivity index (χ1) is 8.58. The quantitative estimate of drug-likeness (QED) is 0.927. The summed E-state index contributed by atoms with van der Waals surface area (Å²) in [6.07, 6.45) is 1.98. The van der Waals surface area contributed by atoms with Crippen LogP contribution in [0.15, 0.2) is 18.2 Å². The van der Waals surface area contributed by atoms with Gasteiger partial charge in [-0.3, -0.25) is 4.79 Å². The van der Waals surface area contributed by atoms with Gasteiger partial charge in [0.05, 0.1) is 6.04 Å². The van der Waals surface area contributed by atoms with E-state index < -0.39 is 0 Å². The van der Waals surface area contributed by atoms with Crippen LogP contribution in [0.2, 0.25) is 10.0 Å². The van der Waals surface area contributed by atoms with E-state index in [9.17, 15) is 4.79 Å². The first-order valence-corrected chi connectivity index (χ1v) is 6.76. The molecule has 0 spiro atoms. The van der Waals surface area contributed by atoms with Gasteiger partial charge in [-0.2, -0.15) is 0 Å². The smallest absolute Gasteiger partial charge is 0.239 e. The van der Waals surface area contributed by atoms with Gasteiger partial charge in [-0.15, -0.1) is 0 Å². The Kier molecular flexibility index (Phi) is 4.49. The number of hydrogen-bond donors (Lipinski definition) is 1. The van der Waals surface area contributed by atoms with Gasteiger partial charge in [0.25, 0.3) is 0 Å². The molecule has 18 heavy (non-hydrogen) atoms. The van der Waals surface area contributed by atoms with Gasteiger partial charge in [0.1, 0.15) is 0 Å². The Balaban J connectivity index is 2.01. The maximum absolute atomic E-state index is 12.1. The van der Waals surface area contributed by atoms with Crippen LogP contribution in [0.1, 0.15) is 18.4 Å². The van der Waals surface area contributed by atoms with Gasteiger partial charge < -0.3 is 10.2 Å². The van der Waals surface area contributed by atoms with Crippen LogP contribution < -0.4 is 5.32 Å². The van der Waals surface area contributed by atoms with Gasteiger partial charge in [-0.05, 0) is 37.1 Å². The van der Waals surface area contributed by atoms with E-state index in [2.05, 4.69) is 5.32 Å². The first-order valence-electron chi connectivity index (χ1n) is 6.00. The molecule has 1 heterocycles. The zero-order chi connectivity index (χ0) is 13.1. The van der Waals surface area contributed by atoms with Crippen molar-refractivity contribution in [2.75, 3.05) is 13.6 Å². The Morgan fingerprint density at radius 2 is 2.28 bits per heavy atom. The summed E-state index contributed by atoms with van der Waals surface area (Å²) in [6.45, 7) is 1.43. The summed E-state index contributed by atoms with van der Waals surface area (Å²) in [5, 5.41) is 4.41. The third-order valence-corrected chi connectivity index (χ3v) is 3.74. The van der Waals surface area contributed by atoms with Gasteiger partial charge in [0.15, 0.2) is 0 Å². The third kappa shape index (κ3) is 3.16. The predicted octanol–water partition coefficient (Wildman–Crippen LogP) is 2.70. The number of rotatable bonds is 3. The monoisotopic (exact) mass is 286 g/mol. The molecule has 0 radical (unpaired) electrons. The molecule has 1 unspecified atom stereocenters. The number of benzene rings is 1. The summed E-state index contributed by atoms with van der Waals surface area (Å²) in [7, 11) is 1.80. The topological polar surface area (TPSA) is 32.3 Å². The van der Waals surface area contributed by atoms with Crippen molar-refractivity contribution < 1.29 is 4.79 Å². The van der Waals surface area contributed by atoms with E-state index in [0.717, 1.165) is 24.9 Å². The standard InChI is InChI=1S/C13H16Cl2N2O/c1-17(13(18)12-3-2-6-16-12)8-9-4-5-10(14)7-11(9)15/h4-5,7,12,16H,2-3,6,8H2,1H3. The van der Waals surface area contributed by atoms with Crippen molar-refractivity contribution in [1.82, 2.24) is 10.2 Å². The van der Waals surface area contributed by atoms with E-state index >= 15 is 0 Å². The van der Waals surface area contributed by atoms with Crippen LogP contribution in [-0.2, 0) is 11.3 Å². The van der Waals surface area contributed by atoms with Crippen molar-refractivity contribution in [3.63, 3.8) is 0 Å². The third-order valence-electron chi connectivity index (χ3n) is 3.16. The van der Waals surface area contributed by atoms with Gasteiger partial charge >= 0.3 is 0 Å². The minimum absolute atomic E-state index is 0.0407. The first kappa shape index (κ1) is 13.7. The van der Waals surface area contributed by atoms with Crippen LogP contribution in [0.5, 0.6) is 0 Å². The molecule has 3 nitrogen and oxygen atoms in total. The predicted molar refractivity (Wildman–Crippen MR) is 74.0 cm³/mol. The Hall–Kier alpha value is -0.770. The Labute approximate surface area is 117 Å². The Morgan fingerprint density at radius 1 is 1.50 bits per heavy atom. The number of likely N-dealkylation sites (N-methyl/N-ethyl adjacent to an activating group) is 1. The fourth-order valence-electron chi connectivity index (χ4n) is 2.14. The molecule has 1 fully saturated rings. The van der Waals surface area contributed by atoms with Gasteiger partial charge in [0, 0.05) is 23.6 Å². The van der Waals surface area contributed by atoms with Crippen molar-refractivity contribution in [2.45, 2.75) is 25.4 Å². The van der Waals surface area contributed by atoms with Crippen molar-refractivity contribution in [3.8, 4) is 0 Å². The lowest BCUT2D eigenvalue weighted by Gasteiger charge is -2.21. The van der Waals surface area contributed by atoms with Gasteiger partial charge in [-0.25, -0.2) is 0 Å². The normalized spacial score (nSPS) is 18.9.